The molecule has 0 saturated carbocycles. The highest BCUT2D eigenvalue weighted by atomic mass is 19.4. The van der Waals surface area contributed by atoms with Crippen molar-refractivity contribution < 1.29 is 37.3 Å². The topological polar surface area (TPSA) is 77.0 Å². The Hall–Kier alpha value is -2.00. The van der Waals surface area contributed by atoms with E-state index in [1.807, 2.05) is 0 Å². The molecule has 9 heteroatoms. The molecule has 0 bridgehead atoms. The minimum absolute atomic E-state index is 0.00225. The number of aliphatic hydroxyl groups is 1. The smallest absolute Gasteiger partial charge is 0.444 e. The molecule has 122 valence electrons. The Kier molecular flexibility index (Phi) is 5.09. The third-order valence-electron chi connectivity index (χ3n) is 2.98. The van der Waals surface area contributed by atoms with E-state index in [9.17, 15) is 18.0 Å². The van der Waals surface area contributed by atoms with E-state index in [0.29, 0.717) is 11.3 Å². The number of carbonyl (C=O) groups is 1. The van der Waals surface area contributed by atoms with Gasteiger partial charge in [0, 0.05) is 17.7 Å². The van der Waals surface area contributed by atoms with Crippen molar-refractivity contribution in [2.24, 2.45) is 0 Å². The van der Waals surface area contributed by atoms with E-state index < -0.39 is 18.7 Å². The molecule has 0 fully saturated rings. The largest absolute Gasteiger partial charge is 0.573 e. The van der Waals surface area contributed by atoms with Crippen LogP contribution in [0.25, 0.3) is 0 Å². The van der Waals surface area contributed by atoms with Crippen LogP contribution >= 0.6 is 0 Å². The first-order valence-electron chi connectivity index (χ1n) is 6.40. The molecule has 2 unspecified atom stereocenters. The van der Waals surface area contributed by atoms with Gasteiger partial charge in [-0.1, -0.05) is 0 Å². The number of nitrogens with one attached hydrogen (secondary N) is 1. The predicted molar refractivity (Wildman–Crippen MR) is 68.1 cm³/mol. The molecule has 0 spiro atoms. The van der Waals surface area contributed by atoms with Crippen LogP contribution in [0.2, 0.25) is 0 Å². The molecular weight excluding hydrogens is 307 g/mol. The number of fused-ring (bicyclic) bond motifs is 1. The monoisotopic (exact) mass is 321 g/mol. The molecule has 2 N–H and O–H groups in total. The SMILES string of the molecule is O=COC1CC(OCCO)c2cc(OC(F)(F)F)ccc2N1. The third kappa shape index (κ3) is 4.25. The van der Waals surface area contributed by atoms with Crippen molar-refractivity contribution in [1.82, 2.24) is 0 Å². The van der Waals surface area contributed by atoms with Gasteiger partial charge < -0.3 is 24.6 Å². The predicted octanol–water partition coefficient (Wildman–Crippen LogP) is 1.95. The molecule has 1 aromatic carbocycles. The summed E-state index contributed by atoms with van der Waals surface area (Å²) in [6.07, 6.45) is -5.89. The number of hydrogen-bond donors (Lipinski definition) is 2. The molecule has 1 aliphatic rings. The van der Waals surface area contributed by atoms with Crippen LogP contribution in [-0.2, 0) is 14.3 Å². The van der Waals surface area contributed by atoms with Crippen molar-refractivity contribution >= 4 is 12.2 Å². The fraction of sp³-hybridized carbons (Fsp3) is 0.462. The van der Waals surface area contributed by atoms with Crippen LogP contribution in [0.5, 0.6) is 5.75 Å². The Balaban J connectivity index is 2.25. The van der Waals surface area contributed by atoms with E-state index in [-0.39, 0.29) is 31.9 Å². The molecule has 0 aromatic heterocycles. The maximum absolute atomic E-state index is 12.3. The fourth-order valence-corrected chi connectivity index (χ4v) is 2.20. The van der Waals surface area contributed by atoms with E-state index in [1.54, 1.807) is 0 Å². The number of benzene rings is 1. The number of hydrogen-bond acceptors (Lipinski definition) is 6. The lowest BCUT2D eigenvalue weighted by Gasteiger charge is -2.32. The summed E-state index contributed by atoms with van der Waals surface area (Å²) < 4.78 is 50.9. The van der Waals surface area contributed by atoms with Gasteiger partial charge in [-0.05, 0) is 18.2 Å². The van der Waals surface area contributed by atoms with Gasteiger partial charge in [-0.2, -0.15) is 0 Å². The number of carbonyl (C=O) groups excluding carboxylic acids is 1. The maximum atomic E-state index is 12.3. The molecule has 0 saturated heterocycles. The lowest BCUT2D eigenvalue weighted by atomic mass is 9.99. The first-order valence-corrected chi connectivity index (χ1v) is 6.40. The molecule has 6 nitrogen and oxygen atoms in total. The molecule has 22 heavy (non-hydrogen) atoms. The van der Waals surface area contributed by atoms with Gasteiger partial charge in [0.2, 0.25) is 0 Å². The van der Waals surface area contributed by atoms with Gasteiger partial charge in [-0.25, -0.2) is 0 Å². The molecule has 1 aliphatic heterocycles. The zero-order chi connectivity index (χ0) is 16.2. The van der Waals surface area contributed by atoms with Gasteiger partial charge in [-0.15, -0.1) is 13.2 Å². The summed E-state index contributed by atoms with van der Waals surface area (Å²) in [6.45, 7) is 0.0341. The van der Waals surface area contributed by atoms with Crippen molar-refractivity contribution in [3.63, 3.8) is 0 Å². The first-order chi connectivity index (χ1) is 10.4. The van der Waals surface area contributed by atoms with Crippen molar-refractivity contribution in [2.45, 2.75) is 25.1 Å². The van der Waals surface area contributed by atoms with Crippen LogP contribution in [0, 0.1) is 0 Å². The highest BCUT2D eigenvalue weighted by molar-refractivity contribution is 5.58. The summed E-state index contributed by atoms with van der Waals surface area (Å²) in [4.78, 5) is 10.4. The lowest BCUT2D eigenvalue weighted by molar-refractivity contribution is -0.274. The van der Waals surface area contributed by atoms with Gasteiger partial charge in [0.25, 0.3) is 6.47 Å². The van der Waals surface area contributed by atoms with Gasteiger partial charge in [0.05, 0.1) is 19.3 Å². The Morgan fingerprint density at radius 2 is 2.18 bits per heavy atom. The van der Waals surface area contributed by atoms with Gasteiger partial charge in [0.15, 0.2) is 6.23 Å². The Morgan fingerprint density at radius 1 is 1.41 bits per heavy atom. The summed E-state index contributed by atoms with van der Waals surface area (Å²) >= 11 is 0. The lowest BCUT2D eigenvalue weighted by Crippen LogP contribution is -2.31. The standard InChI is InChI=1S/C13H14F3NO5/c14-13(15,16)22-8-1-2-10-9(5-8)11(20-4-3-18)6-12(17-10)21-7-19/h1-2,5,7,11-12,17-18H,3-4,6H2. The molecule has 1 heterocycles. The van der Waals surface area contributed by atoms with Crippen molar-refractivity contribution in [2.75, 3.05) is 18.5 Å². The number of halogens is 3. The normalized spacial score (nSPS) is 20.7. The van der Waals surface area contributed by atoms with Crippen LogP contribution in [0.15, 0.2) is 18.2 Å². The number of alkyl halides is 3. The van der Waals surface area contributed by atoms with E-state index in [0.717, 1.165) is 6.07 Å². The Bertz CT molecular complexity index is 523. The van der Waals surface area contributed by atoms with Crippen LogP contribution in [-0.4, -0.2) is 37.4 Å². The highest BCUT2D eigenvalue weighted by Crippen LogP contribution is 2.38. The fourth-order valence-electron chi connectivity index (χ4n) is 2.20. The van der Waals surface area contributed by atoms with Crippen molar-refractivity contribution in [3.05, 3.63) is 23.8 Å². The summed E-state index contributed by atoms with van der Waals surface area (Å²) in [5, 5.41) is 11.7. The molecule has 0 aliphatic carbocycles. The second-order valence-electron chi connectivity index (χ2n) is 4.48. The van der Waals surface area contributed by atoms with Crippen molar-refractivity contribution in [1.29, 1.82) is 0 Å². The van der Waals surface area contributed by atoms with E-state index >= 15 is 0 Å². The van der Waals surface area contributed by atoms with Crippen molar-refractivity contribution in [3.8, 4) is 5.75 Å². The van der Waals surface area contributed by atoms with Gasteiger partial charge in [-0.3, -0.25) is 4.79 Å². The molecule has 1 aromatic rings. The Morgan fingerprint density at radius 3 is 2.82 bits per heavy atom. The Labute approximate surface area is 123 Å². The number of aliphatic hydroxyl groups excluding tert-OH is 1. The van der Waals surface area contributed by atoms with Crippen LogP contribution < -0.4 is 10.1 Å². The van der Waals surface area contributed by atoms with E-state index in [2.05, 4.69) is 10.1 Å². The third-order valence-corrected chi connectivity index (χ3v) is 2.98. The summed E-state index contributed by atoms with van der Waals surface area (Å²) in [5.74, 6) is -0.375. The van der Waals surface area contributed by atoms with Crippen LogP contribution in [0.4, 0.5) is 18.9 Å². The average molecular weight is 321 g/mol. The minimum Gasteiger partial charge on any atom is -0.444 e. The average Bonchev–Trinajstić information content (AvgIpc) is 2.44. The van der Waals surface area contributed by atoms with Gasteiger partial charge >= 0.3 is 6.36 Å². The minimum atomic E-state index is -4.79. The van der Waals surface area contributed by atoms with E-state index in [4.69, 9.17) is 14.6 Å². The molecular formula is C13H14F3NO5. The highest BCUT2D eigenvalue weighted by Gasteiger charge is 2.33. The van der Waals surface area contributed by atoms with E-state index in [1.165, 1.54) is 12.1 Å². The summed E-state index contributed by atoms with van der Waals surface area (Å²) in [5.41, 5.74) is 0.900. The first kappa shape index (κ1) is 16.4. The summed E-state index contributed by atoms with van der Waals surface area (Å²) in [7, 11) is 0. The zero-order valence-corrected chi connectivity index (χ0v) is 11.3. The molecule has 0 amide bonds. The number of ether oxygens (including phenoxy) is 3. The van der Waals surface area contributed by atoms with Gasteiger partial charge in [0.1, 0.15) is 5.75 Å². The summed E-state index contributed by atoms with van der Waals surface area (Å²) in [6, 6.07) is 3.73. The maximum Gasteiger partial charge on any atom is 0.573 e. The second kappa shape index (κ2) is 6.84. The number of rotatable bonds is 6. The molecule has 2 atom stereocenters. The van der Waals surface area contributed by atoms with Crippen LogP contribution in [0.1, 0.15) is 18.1 Å². The zero-order valence-electron chi connectivity index (χ0n) is 11.3. The second-order valence-corrected chi connectivity index (χ2v) is 4.48. The molecule has 2 rings (SSSR count). The van der Waals surface area contributed by atoms with Crippen LogP contribution in [0.3, 0.4) is 0 Å². The number of anilines is 1. The molecule has 0 radical (unpaired) electrons. The quantitative estimate of drug-likeness (QED) is 0.780.